The topological polar surface area (TPSA) is 64.6 Å². The van der Waals surface area contributed by atoms with Crippen LogP contribution >= 0.6 is 0 Å². The maximum absolute atomic E-state index is 12.6. The number of para-hydroxylation sites is 1. The van der Waals surface area contributed by atoms with E-state index in [4.69, 9.17) is 9.47 Å². The van der Waals surface area contributed by atoms with Crippen molar-refractivity contribution in [2.24, 2.45) is 0 Å². The van der Waals surface area contributed by atoms with Gasteiger partial charge in [0.1, 0.15) is 5.75 Å². The van der Waals surface area contributed by atoms with Gasteiger partial charge in [0.15, 0.2) is 0 Å². The van der Waals surface area contributed by atoms with E-state index in [2.05, 4.69) is 4.72 Å². The molecule has 5 nitrogen and oxygen atoms in total. The Morgan fingerprint density at radius 2 is 2.00 bits per heavy atom. The lowest BCUT2D eigenvalue weighted by molar-refractivity contribution is 0.0298. The molecule has 21 heavy (non-hydrogen) atoms. The highest BCUT2D eigenvalue weighted by atomic mass is 32.2. The molecule has 0 aromatic heterocycles. The molecular weight excluding hydrogens is 290 g/mol. The van der Waals surface area contributed by atoms with Gasteiger partial charge >= 0.3 is 0 Å². The van der Waals surface area contributed by atoms with Gasteiger partial charge in [-0.3, -0.25) is 0 Å². The first-order chi connectivity index (χ1) is 10.1. The van der Waals surface area contributed by atoms with Crippen molar-refractivity contribution >= 4 is 10.0 Å². The quantitative estimate of drug-likeness (QED) is 0.927. The SMILES string of the molecule is C[C@@H]1C[C@@H](S(=O)(=O)N[C@H]2CCOc3ccccc32)CCO1. The van der Waals surface area contributed by atoms with Gasteiger partial charge in [-0.2, -0.15) is 0 Å². The van der Waals surface area contributed by atoms with E-state index in [1.54, 1.807) is 0 Å². The van der Waals surface area contributed by atoms with Gasteiger partial charge < -0.3 is 9.47 Å². The predicted molar refractivity (Wildman–Crippen MR) is 79.8 cm³/mol. The minimum atomic E-state index is -3.34. The minimum absolute atomic E-state index is 0.00213. The molecule has 2 heterocycles. The van der Waals surface area contributed by atoms with Crippen molar-refractivity contribution in [2.75, 3.05) is 13.2 Å². The Morgan fingerprint density at radius 1 is 1.19 bits per heavy atom. The summed E-state index contributed by atoms with van der Waals surface area (Å²) in [7, 11) is -3.34. The summed E-state index contributed by atoms with van der Waals surface area (Å²) < 4.78 is 39.1. The molecule has 1 N–H and O–H groups in total. The van der Waals surface area contributed by atoms with Gasteiger partial charge in [-0.15, -0.1) is 0 Å². The van der Waals surface area contributed by atoms with Crippen molar-refractivity contribution in [2.45, 2.75) is 43.6 Å². The van der Waals surface area contributed by atoms with Gasteiger partial charge in [0.05, 0.1) is 24.0 Å². The van der Waals surface area contributed by atoms with Crippen molar-refractivity contribution < 1.29 is 17.9 Å². The molecule has 6 heteroatoms. The lowest BCUT2D eigenvalue weighted by Crippen LogP contribution is -2.42. The fourth-order valence-electron chi connectivity index (χ4n) is 3.00. The van der Waals surface area contributed by atoms with Gasteiger partial charge in [-0.1, -0.05) is 18.2 Å². The monoisotopic (exact) mass is 311 g/mol. The zero-order valence-electron chi connectivity index (χ0n) is 12.1. The van der Waals surface area contributed by atoms with E-state index in [1.165, 1.54) is 0 Å². The number of fused-ring (bicyclic) bond motifs is 1. The smallest absolute Gasteiger partial charge is 0.215 e. The molecule has 1 aromatic rings. The van der Waals surface area contributed by atoms with Crippen LogP contribution in [0.15, 0.2) is 24.3 Å². The third-order valence-corrected chi connectivity index (χ3v) is 6.06. The fraction of sp³-hybridized carbons (Fsp3) is 0.600. The summed E-state index contributed by atoms with van der Waals surface area (Å²) in [4.78, 5) is 0. The number of hydrogen-bond donors (Lipinski definition) is 1. The molecule has 0 amide bonds. The summed E-state index contributed by atoms with van der Waals surface area (Å²) in [6, 6.07) is 7.42. The highest BCUT2D eigenvalue weighted by Crippen LogP contribution is 2.33. The van der Waals surface area contributed by atoms with Crippen molar-refractivity contribution in [1.29, 1.82) is 0 Å². The molecule has 0 unspecified atom stereocenters. The van der Waals surface area contributed by atoms with E-state index >= 15 is 0 Å². The van der Waals surface area contributed by atoms with Crippen LogP contribution in [0.1, 0.15) is 37.8 Å². The largest absolute Gasteiger partial charge is 0.493 e. The molecule has 0 radical (unpaired) electrons. The summed E-state index contributed by atoms with van der Waals surface area (Å²) >= 11 is 0. The van der Waals surface area contributed by atoms with Crippen LogP contribution in [0.5, 0.6) is 5.75 Å². The third-order valence-electron chi connectivity index (χ3n) is 4.14. The molecule has 1 fully saturated rings. The molecule has 0 bridgehead atoms. The van der Waals surface area contributed by atoms with E-state index in [0.717, 1.165) is 11.3 Å². The number of benzene rings is 1. The first-order valence-corrected chi connectivity index (χ1v) is 8.95. The summed E-state index contributed by atoms with van der Waals surface area (Å²) in [6.45, 7) is 2.97. The van der Waals surface area contributed by atoms with Gasteiger partial charge in [0.25, 0.3) is 0 Å². The first kappa shape index (κ1) is 14.8. The Balaban J connectivity index is 1.77. The molecule has 0 aliphatic carbocycles. The van der Waals surface area contributed by atoms with E-state index in [1.807, 2.05) is 31.2 Å². The predicted octanol–water partition coefficient (Wildman–Crippen LogP) is 2.00. The average Bonchev–Trinajstić information content (AvgIpc) is 2.47. The fourth-order valence-corrected chi connectivity index (χ4v) is 4.76. The Labute approximate surface area is 125 Å². The Morgan fingerprint density at radius 3 is 2.81 bits per heavy atom. The van der Waals surface area contributed by atoms with Gasteiger partial charge in [0.2, 0.25) is 10.0 Å². The maximum atomic E-state index is 12.6. The maximum Gasteiger partial charge on any atom is 0.215 e. The van der Waals surface area contributed by atoms with Crippen LogP contribution in [0.3, 0.4) is 0 Å². The molecule has 1 aromatic carbocycles. The molecule has 3 rings (SSSR count). The van der Waals surface area contributed by atoms with Crippen LogP contribution in [0.4, 0.5) is 0 Å². The number of rotatable bonds is 3. The second kappa shape index (κ2) is 5.94. The summed E-state index contributed by atoms with van der Waals surface area (Å²) in [5, 5.41) is -0.365. The van der Waals surface area contributed by atoms with Crippen molar-refractivity contribution in [3.63, 3.8) is 0 Å². The normalized spacial score (nSPS) is 29.5. The van der Waals surface area contributed by atoms with E-state index in [0.29, 0.717) is 32.5 Å². The van der Waals surface area contributed by atoms with E-state index < -0.39 is 10.0 Å². The molecule has 0 spiro atoms. The Hall–Kier alpha value is -1.11. The third kappa shape index (κ3) is 3.22. The second-order valence-electron chi connectivity index (χ2n) is 5.72. The van der Waals surface area contributed by atoms with Crippen LogP contribution < -0.4 is 9.46 Å². The van der Waals surface area contributed by atoms with Gasteiger partial charge in [-0.05, 0) is 25.8 Å². The highest BCUT2D eigenvalue weighted by Gasteiger charge is 2.34. The van der Waals surface area contributed by atoms with Crippen LogP contribution in [-0.4, -0.2) is 33.0 Å². The van der Waals surface area contributed by atoms with Gasteiger partial charge in [-0.25, -0.2) is 13.1 Å². The van der Waals surface area contributed by atoms with Crippen LogP contribution in [0, 0.1) is 0 Å². The average molecular weight is 311 g/mol. The second-order valence-corrected chi connectivity index (χ2v) is 7.71. The number of hydrogen-bond acceptors (Lipinski definition) is 4. The van der Waals surface area contributed by atoms with E-state index in [-0.39, 0.29) is 17.4 Å². The summed E-state index contributed by atoms with van der Waals surface area (Å²) in [5.74, 6) is 0.775. The standard InChI is InChI=1S/C15H21NO4S/c1-11-10-12(6-8-19-11)21(17,18)16-14-7-9-20-15-5-3-2-4-13(14)15/h2-5,11-12,14,16H,6-10H2,1H3/t11-,12+,14+/m1/s1. The first-order valence-electron chi connectivity index (χ1n) is 7.41. The lowest BCUT2D eigenvalue weighted by Gasteiger charge is -2.31. The van der Waals surface area contributed by atoms with Crippen LogP contribution in [-0.2, 0) is 14.8 Å². The van der Waals surface area contributed by atoms with Gasteiger partial charge in [0, 0.05) is 18.6 Å². The summed E-state index contributed by atoms with van der Waals surface area (Å²) in [6.07, 6.45) is 1.78. The highest BCUT2D eigenvalue weighted by molar-refractivity contribution is 7.90. The minimum Gasteiger partial charge on any atom is -0.493 e. The number of nitrogens with one attached hydrogen (secondary N) is 1. The van der Waals surface area contributed by atoms with Crippen molar-refractivity contribution in [3.05, 3.63) is 29.8 Å². The van der Waals surface area contributed by atoms with E-state index in [9.17, 15) is 8.42 Å². The van der Waals surface area contributed by atoms with Crippen LogP contribution in [0.25, 0.3) is 0 Å². The number of ether oxygens (including phenoxy) is 2. The molecule has 0 saturated carbocycles. The summed E-state index contributed by atoms with van der Waals surface area (Å²) in [5.41, 5.74) is 0.924. The zero-order valence-corrected chi connectivity index (χ0v) is 12.9. The molecule has 2 aliphatic rings. The van der Waals surface area contributed by atoms with Crippen molar-refractivity contribution in [1.82, 2.24) is 4.72 Å². The Bertz CT molecular complexity index is 601. The molecule has 116 valence electrons. The molecule has 1 saturated heterocycles. The lowest BCUT2D eigenvalue weighted by atomic mass is 10.0. The van der Waals surface area contributed by atoms with Crippen LogP contribution in [0.2, 0.25) is 0 Å². The molecule has 3 atom stereocenters. The molecular formula is C15H21NO4S. The molecule has 2 aliphatic heterocycles. The van der Waals surface area contributed by atoms with Crippen molar-refractivity contribution in [3.8, 4) is 5.75 Å². The Kier molecular flexibility index (Phi) is 4.19. The zero-order chi connectivity index (χ0) is 14.9. The number of sulfonamides is 1.